The summed E-state index contributed by atoms with van der Waals surface area (Å²) in [5.74, 6) is -0.519. The molecule has 4 aromatic rings. The summed E-state index contributed by atoms with van der Waals surface area (Å²) in [5.41, 5.74) is 4.23. The van der Waals surface area contributed by atoms with Crippen LogP contribution in [0, 0.1) is 5.82 Å². The summed E-state index contributed by atoms with van der Waals surface area (Å²) in [5, 5.41) is 33.3. The number of cyclic esters (lactones) is 1. The van der Waals surface area contributed by atoms with Gasteiger partial charge in [-0.15, -0.1) is 5.10 Å². The number of carbonyl (C=O) groups is 1. The minimum absolute atomic E-state index is 0.0104. The largest absolute Gasteiger partial charge is 0.442 e. The number of nitrogens with zero attached hydrogens (tertiary/aromatic N) is 8. The predicted octanol–water partition coefficient (Wildman–Crippen LogP) is 3.79. The Hall–Kier alpha value is -4.87. The minimum Gasteiger partial charge on any atom is -0.442 e. The molecule has 0 saturated carbocycles. The molecule has 3 atom stereocenters. The Morgan fingerprint density at radius 1 is 0.917 bits per heavy atom. The standard InChI is InChI=1S/C22H20F2N6O4.C9H9BrN2O2/c23-7-14-9-29(28-26-14)10-17-11-30(22(32)33-17)15-2-3-18(19(24)5-15)13-1-4-20(25-8-13)21-6-16(12-31)34-27-21;10-6-1-2-8(11-4-6)9-3-7(5-13)14-12-9/h1-5,8-9,16-17,31H,6-7,10-12H2;1-2,4,7,13H,3,5H2/t16-,17-;7-/m00/s1. The van der Waals surface area contributed by atoms with E-state index >= 15 is 0 Å². The highest BCUT2D eigenvalue weighted by molar-refractivity contribution is 9.10. The topological polar surface area (TPSA) is 170 Å². The highest BCUT2D eigenvalue weighted by atomic mass is 79.9. The second-order valence-corrected chi connectivity index (χ2v) is 11.9. The molecule has 250 valence electrons. The number of alkyl halides is 1. The third kappa shape index (κ3) is 7.64. The number of oxime groups is 2. The van der Waals surface area contributed by atoms with E-state index in [1.54, 1.807) is 30.5 Å². The van der Waals surface area contributed by atoms with Crippen LogP contribution in [0.5, 0.6) is 0 Å². The van der Waals surface area contributed by atoms with Gasteiger partial charge in [-0.2, -0.15) is 0 Å². The number of aliphatic hydroxyl groups is 2. The SMILES string of the molecule is O=C1O[C@@H](Cn2cc(CF)nn2)CN1c1ccc(-c2ccc(C3=NO[C@H](CO)C3)nc2)c(F)c1.OC[C@@H]1CC(c2ccc(Br)cn2)=NO1. The lowest BCUT2D eigenvalue weighted by molar-refractivity contribution is 0.0390. The van der Waals surface area contributed by atoms with E-state index in [1.165, 1.54) is 28.0 Å². The molecule has 1 saturated heterocycles. The molecule has 1 amide bonds. The fourth-order valence-corrected chi connectivity index (χ4v) is 5.29. The smallest absolute Gasteiger partial charge is 0.414 e. The number of hydrogen-bond acceptors (Lipinski definition) is 12. The summed E-state index contributed by atoms with van der Waals surface area (Å²) in [6.45, 7) is -0.466. The van der Waals surface area contributed by atoms with Crippen LogP contribution in [0.25, 0.3) is 11.1 Å². The molecule has 1 fully saturated rings. The van der Waals surface area contributed by atoms with Crippen LogP contribution in [-0.4, -0.2) is 90.8 Å². The number of aliphatic hydroxyl groups excluding tert-OH is 2. The number of benzene rings is 1. The Labute approximate surface area is 280 Å². The molecule has 0 spiro atoms. The first kappa shape index (κ1) is 33.0. The predicted molar refractivity (Wildman–Crippen MR) is 170 cm³/mol. The number of ether oxygens (including phenoxy) is 1. The molecule has 0 unspecified atom stereocenters. The van der Waals surface area contributed by atoms with Gasteiger partial charge in [-0.1, -0.05) is 21.6 Å². The van der Waals surface area contributed by atoms with Crippen LogP contribution in [0.3, 0.4) is 0 Å². The highest BCUT2D eigenvalue weighted by Gasteiger charge is 2.33. The molecule has 3 aliphatic rings. The average Bonchev–Trinajstić information content (AvgIpc) is 3.93. The molecule has 0 radical (unpaired) electrons. The van der Waals surface area contributed by atoms with E-state index in [9.17, 15) is 13.6 Å². The number of halogens is 3. The third-order valence-corrected chi connectivity index (χ3v) is 7.99. The molecule has 7 rings (SSSR count). The molecule has 2 N–H and O–H groups in total. The summed E-state index contributed by atoms with van der Waals surface area (Å²) in [4.78, 5) is 32.3. The van der Waals surface area contributed by atoms with Gasteiger partial charge in [0.25, 0.3) is 0 Å². The summed E-state index contributed by atoms with van der Waals surface area (Å²) < 4.78 is 35.3. The molecule has 0 aliphatic carbocycles. The Balaban J connectivity index is 0.000000239. The molecular weight excluding hydrogens is 698 g/mol. The first-order valence-corrected chi connectivity index (χ1v) is 15.6. The third-order valence-electron chi connectivity index (χ3n) is 7.52. The van der Waals surface area contributed by atoms with Crippen molar-refractivity contribution in [3.8, 4) is 11.1 Å². The molecule has 1 aromatic carbocycles. The summed E-state index contributed by atoms with van der Waals surface area (Å²) in [7, 11) is 0. The van der Waals surface area contributed by atoms with Gasteiger partial charge >= 0.3 is 6.09 Å². The van der Waals surface area contributed by atoms with Gasteiger partial charge in [0.2, 0.25) is 0 Å². The number of aromatic nitrogens is 5. The summed E-state index contributed by atoms with van der Waals surface area (Å²) in [6.07, 6.45) is 4.04. The molecule has 6 heterocycles. The fraction of sp³-hybridized carbons (Fsp3) is 0.323. The lowest BCUT2D eigenvalue weighted by atomic mass is 10.0. The lowest BCUT2D eigenvalue weighted by Crippen LogP contribution is -2.26. The van der Waals surface area contributed by atoms with Crippen LogP contribution < -0.4 is 4.90 Å². The van der Waals surface area contributed by atoms with Crippen molar-refractivity contribution in [2.24, 2.45) is 10.3 Å². The molecule has 3 aliphatic heterocycles. The Morgan fingerprint density at radius 2 is 1.60 bits per heavy atom. The molecule has 17 heteroatoms. The monoisotopic (exact) mass is 726 g/mol. The van der Waals surface area contributed by atoms with Crippen LogP contribution in [0.2, 0.25) is 0 Å². The Morgan fingerprint density at radius 3 is 2.15 bits per heavy atom. The van der Waals surface area contributed by atoms with Gasteiger partial charge in [0.1, 0.15) is 35.7 Å². The molecule has 3 aromatic heterocycles. The zero-order valence-corrected chi connectivity index (χ0v) is 26.8. The maximum absolute atomic E-state index is 15.0. The zero-order valence-electron chi connectivity index (χ0n) is 25.2. The number of carbonyl (C=O) groups excluding carboxylic acids is 1. The quantitative estimate of drug-likeness (QED) is 0.259. The highest BCUT2D eigenvalue weighted by Crippen LogP contribution is 2.29. The molecule has 48 heavy (non-hydrogen) atoms. The van der Waals surface area contributed by atoms with Crippen molar-refractivity contribution in [2.75, 3.05) is 24.7 Å². The first-order chi connectivity index (χ1) is 23.3. The number of anilines is 1. The van der Waals surface area contributed by atoms with Gasteiger partial charge in [0, 0.05) is 40.8 Å². The number of hydrogen-bond donors (Lipinski definition) is 2. The van der Waals surface area contributed by atoms with E-state index in [0.717, 1.165) is 15.9 Å². The maximum atomic E-state index is 15.0. The zero-order chi connectivity index (χ0) is 33.6. The van der Waals surface area contributed by atoms with Gasteiger partial charge in [0.05, 0.1) is 49.6 Å². The van der Waals surface area contributed by atoms with Crippen molar-refractivity contribution in [3.63, 3.8) is 0 Å². The van der Waals surface area contributed by atoms with Crippen molar-refractivity contribution >= 4 is 39.1 Å². The molecule has 14 nitrogen and oxygen atoms in total. The van der Waals surface area contributed by atoms with E-state index in [4.69, 9.17) is 24.6 Å². The number of rotatable bonds is 9. The van der Waals surface area contributed by atoms with Gasteiger partial charge in [-0.05, 0) is 52.3 Å². The van der Waals surface area contributed by atoms with Crippen LogP contribution in [0.1, 0.15) is 29.9 Å². The van der Waals surface area contributed by atoms with E-state index in [0.29, 0.717) is 41.1 Å². The lowest BCUT2D eigenvalue weighted by Gasteiger charge is -2.14. The van der Waals surface area contributed by atoms with Gasteiger partial charge in [-0.3, -0.25) is 14.9 Å². The Kier molecular flexibility index (Phi) is 10.3. The summed E-state index contributed by atoms with van der Waals surface area (Å²) in [6, 6.07) is 11.7. The minimum atomic E-state index is -0.728. The number of amides is 1. The van der Waals surface area contributed by atoms with E-state index < -0.39 is 24.7 Å². The maximum Gasteiger partial charge on any atom is 0.414 e. The second-order valence-electron chi connectivity index (χ2n) is 10.9. The van der Waals surface area contributed by atoms with Crippen LogP contribution in [0.15, 0.2) is 75.8 Å². The first-order valence-electron chi connectivity index (χ1n) is 14.8. The van der Waals surface area contributed by atoms with Crippen molar-refractivity contribution in [1.29, 1.82) is 0 Å². The Bertz CT molecular complexity index is 1810. The fourth-order valence-electron chi connectivity index (χ4n) is 5.06. The second kappa shape index (κ2) is 14.9. The van der Waals surface area contributed by atoms with Gasteiger partial charge in [-0.25, -0.2) is 18.3 Å². The number of pyridine rings is 2. The average molecular weight is 728 g/mol. The van der Waals surface area contributed by atoms with Crippen molar-refractivity contribution in [2.45, 2.75) is 44.4 Å². The van der Waals surface area contributed by atoms with Crippen molar-refractivity contribution in [1.82, 2.24) is 25.0 Å². The van der Waals surface area contributed by atoms with Crippen LogP contribution in [0.4, 0.5) is 19.3 Å². The van der Waals surface area contributed by atoms with Crippen LogP contribution >= 0.6 is 15.9 Å². The van der Waals surface area contributed by atoms with Crippen molar-refractivity contribution < 1.29 is 38.2 Å². The van der Waals surface area contributed by atoms with Crippen molar-refractivity contribution in [3.05, 3.63) is 88.4 Å². The normalized spacial score (nSPS) is 20.0. The van der Waals surface area contributed by atoms with E-state index in [1.807, 2.05) is 12.1 Å². The summed E-state index contributed by atoms with van der Waals surface area (Å²) >= 11 is 3.31. The van der Waals surface area contributed by atoms with E-state index in [2.05, 4.69) is 46.5 Å². The van der Waals surface area contributed by atoms with Crippen LogP contribution in [-0.2, 0) is 27.6 Å². The van der Waals surface area contributed by atoms with Gasteiger partial charge in [0.15, 0.2) is 12.2 Å². The van der Waals surface area contributed by atoms with E-state index in [-0.39, 0.29) is 44.2 Å². The molecular formula is C31H29BrF2N8O6. The van der Waals surface area contributed by atoms with Gasteiger partial charge < -0.3 is 24.6 Å². The molecule has 0 bridgehead atoms.